The zero-order valence-electron chi connectivity index (χ0n) is 10.5. The smallest absolute Gasteiger partial charge is 0.230 e. The fourth-order valence-electron chi connectivity index (χ4n) is 1.71. The van der Waals surface area contributed by atoms with Gasteiger partial charge in [-0.05, 0) is 0 Å². The molecule has 7 nitrogen and oxygen atoms in total. The third kappa shape index (κ3) is 2.87. The summed E-state index contributed by atoms with van der Waals surface area (Å²) in [4.78, 5) is 14.3. The second-order valence-corrected chi connectivity index (χ2v) is 6.95. The molecule has 1 aliphatic rings. The molecule has 0 bridgehead atoms. The number of anilines is 2. The summed E-state index contributed by atoms with van der Waals surface area (Å²) in [5.74, 6) is 1.71. The van der Waals surface area contributed by atoms with Crippen molar-refractivity contribution in [3.63, 3.8) is 0 Å². The van der Waals surface area contributed by atoms with Crippen LogP contribution in [0.4, 0.5) is 11.9 Å². The van der Waals surface area contributed by atoms with Crippen molar-refractivity contribution in [3.05, 3.63) is 5.82 Å². The minimum absolute atomic E-state index is 0.135. The van der Waals surface area contributed by atoms with Gasteiger partial charge in [0.2, 0.25) is 11.9 Å². The predicted octanol–water partition coefficient (Wildman–Crippen LogP) is -0.188. The third-order valence-corrected chi connectivity index (χ3v) is 4.41. The van der Waals surface area contributed by atoms with E-state index in [9.17, 15) is 8.42 Å². The van der Waals surface area contributed by atoms with Gasteiger partial charge in [-0.2, -0.15) is 15.0 Å². The second-order valence-electron chi connectivity index (χ2n) is 4.65. The maximum absolute atomic E-state index is 11.4. The van der Waals surface area contributed by atoms with Gasteiger partial charge in [-0.1, -0.05) is 13.8 Å². The highest BCUT2D eigenvalue weighted by atomic mass is 32.2. The molecule has 0 unspecified atom stereocenters. The molecule has 0 aliphatic carbocycles. The molecule has 100 valence electrons. The molecule has 1 aromatic heterocycles. The Morgan fingerprint density at radius 2 is 1.78 bits per heavy atom. The molecule has 2 rings (SSSR count). The molecule has 0 spiro atoms. The largest absolute Gasteiger partial charge is 0.368 e. The summed E-state index contributed by atoms with van der Waals surface area (Å²) in [6.45, 7) is 4.76. The van der Waals surface area contributed by atoms with Gasteiger partial charge in [0.1, 0.15) is 5.82 Å². The number of rotatable bonds is 2. The Morgan fingerprint density at radius 1 is 1.17 bits per heavy atom. The maximum Gasteiger partial charge on any atom is 0.230 e. The number of hydrogen-bond acceptors (Lipinski definition) is 7. The van der Waals surface area contributed by atoms with E-state index in [-0.39, 0.29) is 23.4 Å². The molecule has 8 heteroatoms. The van der Waals surface area contributed by atoms with E-state index >= 15 is 0 Å². The number of nitrogens with two attached hydrogens (primary N) is 1. The van der Waals surface area contributed by atoms with Crippen LogP contribution in [0.25, 0.3) is 0 Å². The molecular formula is C10H17N5O2S. The van der Waals surface area contributed by atoms with Crippen molar-refractivity contribution >= 4 is 21.7 Å². The summed E-state index contributed by atoms with van der Waals surface area (Å²) in [5.41, 5.74) is 5.65. The number of hydrogen-bond donors (Lipinski definition) is 1. The first-order valence-electron chi connectivity index (χ1n) is 5.84. The Labute approximate surface area is 106 Å². The molecule has 1 fully saturated rings. The lowest BCUT2D eigenvalue weighted by Crippen LogP contribution is -2.41. The Balaban J connectivity index is 2.24. The van der Waals surface area contributed by atoms with E-state index in [0.29, 0.717) is 24.9 Å². The number of nitrogens with zero attached hydrogens (tertiary/aromatic N) is 4. The van der Waals surface area contributed by atoms with Gasteiger partial charge < -0.3 is 10.6 Å². The molecule has 0 amide bonds. The molecule has 1 saturated heterocycles. The molecule has 0 aromatic carbocycles. The molecule has 0 saturated carbocycles. The van der Waals surface area contributed by atoms with Crippen molar-refractivity contribution in [1.29, 1.82) is 0 Å². The molecule has 1 aromatic rings. The van der Waals surface area contributed by atoms with E-state index in [2.05, 4.69) is 15.0 Å². The molecule has 18 heavy (non-hydrogen) atoms. The third-order valence-electron chi connectivity index (χ3n) is 2.80. The monoisotopic (exact) mass is 271 g/mol. The van der Waals surface area contributed by atoms with Crippen LogP contribution in [0.3, 0.4) is 0 Å². The normalized spacial score (nSPS) is 19.2. The van der Waals surface area contributed by atoms with Gasteiger partial charge in [0.25, 0.3) is 0 Å². The van der Waals surface area contributed by atoms with Gasteiger partial charge in [-0.3, -0.25) is 0 Å². The fraction of sp³-hybridized carbons (Fsp3) is 0.700. The average molecular weight is 271 g/mol. The minimum Gasteiger partial charge on any atom is -0.368 e. The van der Waals surface area contributed by atoms with E-state index in [1.165, 1.54) is 0 Å². The Kier molecular flexibility index (Phi) is 3.38. The van der Waals surface area contributed by atoms with Crippen LogP contribution in [0.5, 0.6) is 0 Å². The predicted molar refractivity (Wildman–Crippen MR) is 69.2 cm³/mol. The highest BCUT2D eigenvalue weighted by Gasteiger charge is 2.24. The topological polar surface area (TPSA) is 102 Å². The summed E-state index contributed by atoms with van der Waals surface area (Å²) in [6.07, 6.45) is 0. The molecule has 0 radical (unpaired) electrons. The van der Waals surface area contributed by atoms with Crippen molar-refractivity contribution in [2.24, 2.45) is 0 Å². The summed E-state index contributed by atoms with van der Waals surface area (Å²) < 4.78 is 22.7. The van der Waals surface area contributed by atoms with E-state index in [1.807, 2.05) is 18.7 Å². The fourth-order valence-corrected chi connectivity index (χ4v) is 2.91. The summed E-state index contributed by atoms with van der Waals surface area (Å²) in [5, 5.41) is 0. The van der Waals surface area contributed by atoms with Crippen LogP contribution in [-0.4, -0.2) is 48.0 Å². The van der Waals surface area contributed by atoms with Crippen molar-refractivity contribution in [2.75, 3.05) is 35.2 Å². The summed E-state index contributed by atoms with van der Waals surface area (Å²) in [7, 11) is -2.90. The Morgan fingerprint density at radius 3 is 2.33 bits per heavy atom. The Bertz CT molecular complexity index is 529. The lowest BCUT2D eigenvalue weighted by atomic mass is 10.2. The van der Waals surface area contributed by atoms with E-state index in [4.69, 9.17) is 5.73 Å². The van der Waals surface area contributed by atoms with Gasteiger partial charge in [0.15, 0.2) is 9.84 Å². The Hall–Kier alpha value is -1.44. The lowest BCUT2D eigenvalue weighted by molar-refractivity contribution is 0.585. The molecule has 2 heterocycles. The highest BCUT2D eigenvalue weighted by Crippen LogP contribution is 2.16. The zero-order valence-corrected chi connectivity index (χ0v) is 11.3. The average Bonchev–Trinajstić information content (AvgIpc) is 2.28. The molecule has 0 atom stereocenters. The molecule has 1 aliphatic heterocycles. The van der Waals surface area contributed by atoms with Crippen LogP contribution in [0, 0.1) is 0 Å². The van der Waals surface area contributed by atoms with E-state index in [1.54, 1.807) is 0 Å². The van der Waals surface area contributed by atoms with Crippen LogP contribution in [0.2, 0.25) is 0 Å². The van der Waals surface area contributed by atoms with E-state index in [0.717, 1.165) is 0 Å². The van der Waals surface area contributed by atoms with E-state index < -0.39 is 9.84 Å². The second kappa shape index (κ2) is 4.68. The van der Waals surface area contributed by atoms with Crippen LogP contribution >= 0.6 is 0 Å². The highest BCUT2D eigenvalue weighted by molar-refractivity contribution is 7.91. The standard InChI is InChI=1S/C10H17N5O2S/c1-7(2)8-12-9(11)14-10(13-8)15-3-5-18(16,17)6-4-15/h7H,3-6H2,1-2H3,(H2,11,12,13,14). The lowest BCUT2D eigenvalue weighted by Gasteiger charge is -2.27. The van der Waals surface area contributed by atoms with Crippen molar-refractivity contribution < 1.29 is 8.42 Å². The van der Waals surface area contributed by atoms with Crippen molar-refractivity contribution in [3.8, 4) is 0 Å². The first-order valence-corrected chi connectivity index (χ1v) is 7.66. The zero-order chi connectivity index (χ0) is 13.3. The van der Waals surface area contributed by atoms with Crippen molar-refractivity contribution in [1.82, 2.24) is 15.0 Å². The van der Waals surface area contributed by atoms with Gasteiger partial charge in [-0.25, -0.2) is 8.42 Å². The first kappa shape index (κ1) is 13.0. The van der Waals surface area contributed by atoms with Crippen LogP contribution < -0.4 is 10.6 Å². The van der Waals surface area contributed by atoms with Crippen LogP contribution in [0.15, 0.2) is 0 Å². The van der Waals surface area contributed by atoms with Crippen molar-refractivity contribution in [2.45, 2.75) is 19.8 Å². The quantitative estimate of drug-likeness (QED) is 0.795. The van der Waals surface area contributed by atoms with Crippen LogP contribution in [-0.2, 0) is 9.84 Å². The SMILES string of the molecule is CC(C)c1nc(N)nc(N2CCS(=O)(=O)CC2)n1. The van der Waals surface area contributed by atoms with Crippen LogP contribution in [0.1, 0.15) is 25.6 Å². The summed E-state index contributed by atoms with van der Waals surface area (Å²) >= 11 is 0. The number of aromatic nitrogens is 3. The molecular weight excluding hydrogens is 254 g/mol. The number of sulfone groups is 1. The maximum atomic E-state index is 11.4. The van der Waals surface area contributed by atoms with Gasteiger partial charge >= 0.3 is 0 Å². The summed E-state index contributed by atoms with van der Waals surface area (Å²) in [6, 6.07) is 0. The van der Waals surface area contributed by atoms with Gasteiger partial charge in [0, 0.05) is 19.0 Å². The van der Waals surface area contributed by atoms with Gasteiger partial charge in [-0.15, -0.1) is 0 Å². The first-order chi connectivity index (χ1) is 8.37. The minimum atomic E-state index is -2.90. The number of nitrogen functional groups attached to an aromatic ring is 1. The van der Waals surface area contributed by atoms with Gasteiger partial charge in [0.05, 0.1) is 11.5 Å². The molecule has 2 N–H and O–H groups in total.